The van der Waals surface area contributed by atoms with Gasteiger partial charge >= 0.3 is 48.0 Å². The van der Waals surface area contributed by atoms with E-state index in [1.807, 2.05) is 0 Å². The zero-order chi connectivity index (χ0) is 46.0. The van der Waals surface area contributed by atoms with E-state index in [1.165, 1.54) is 41.9 Å². The van der Waals surface area contributed by atoms with Crippen LogP contribution in [0.1, 0.15) is 49.9 Å². The predicted molar refractivity (Wildman–Crippen MR) is 220 cm³/mol. The molecule has 2 aromatic carbocycles. The van der Waals surface area contributed by atoms with E-state index >= 15 is 38.4 Å². The molecule has 5 saturated heterocycles. The van der Waals surface area contributed by atoms with Crippen LogP contribution in [-0.4, -0.2) is 164 Å². The number of urea groups is 4. The molecular weight excluding hydrogens is 976 g/mol. The van der Waals surface area contributed by atoms with Gasteiger partial charge in [0.2, 0.25) is 0 Å². The van der Waals surface area contributed by atoms with Gasteiger partial charge in [-0.15, -0.1) is 0 Å². The van der Waals surface area contributed by atoms with E-state index in [0.717, 1.165) is 39.2 Å². The highest BCUT2D eigenvalue weighted by Crippen LogP contribution is 2.62. The first-order valence-corrected chi connectivity index (χ1v) is 22.0. The smallest absolute Gasteiger partial charge is 0.359 e. The molecule has 7 heterocycles. The number of hydrogen-bond acceptors (Lipinski definition) is 14. The Balaban J connectivity index is 1.39. The van der Waals surface area contributed by atoms with Crippen molar-refractivity contribution in [1.29, 1.82) is 0 Å². The summed E-state index contributed by atoms with van der Waals surface area (Å²) in [5, 5.41) is 0. The van der Waals surface area contributed by atoms with Gasteiger partial charge in [-0.3, -0.25) is 39.2 Å². The Morgan fingerprint density at radius 3 is 0.953 bits per heavy atom. The second-order valence-corrected chi connectivity index (χ2v) is 17.2. The SMILES string of the molecule is CCOC(=O)[C@]12N3CN4C(=O)N5Cc6c(Br)ccc(OC)c6CN6C(=O)N(CN1C(=O)N1Cc7c(OC)ccc(Br)c7CN(C3=O)[C@]12C(=O)OCC)[C@@]4(C(=O)OCC)[C@]56C(=O)OCC. The minimum Gasteiger partial charge on any atom is -0.496 e. The van der Waals surface area contributed by atoms with E-state index in [9.17, 15) is 0 Å². The van der Waals surface area contributed by atoms with Crippen LogP contribution in [0.15, 0.2) is 33.2 Å². The second-order valence-electron chi connectivity index (χ2n) is 15.5. The Hall–Kier alpha value is -6.04. The fourth-order valence-electron chi connectivity index (χ4n) is 10.8. The van der Waals surface area contributed by atoms with Crippen LogP contribution in [-0.2, 0) is 64.3 Å². The van der Waals surface area contributed by atoms with Gasteiger partial charge in [0.1, 0.15) is 24.8 Å². The standard InChI is InChI=1S/C40H42Br2N8O14/c1-7-61-29(51)37-39(31(53)63-9-3)47-19-48-34(56)44-16-22-24(28(60-6)14-12-26(22)42)18-46-36(58)50(40(48,32(54)64-10-4)38(44,46)30(52)62-8-2)20-49(39)35(57)45(37)17-23-21(15-43(37)33(47)55)25(41)11-13-27(23)59-5/h11-14H,7-10,15-20H2,1-6H3/t37-,38-,39+,40+/m1/s1. The van der Waals surface area contributed by atoms with Crippen LogP contribution in [0.5, 0.6) is 11.5 Å². The number of carbonyl (C=O) groups excluding carboxylic acids is 8. The van der Waals surface area contributed by atoms with Crippen LogP contribution in [0.3, 0.4) is 0 Å². The zero-order valence-electron chi connectivity index (χ0n) is 35.4. The molecule has 5 fully saturated rings. The number of esters is 4. The number of carbonyl (C=O) groups is 8. The predicted octanol–water partition coefficient (Wildman–Crippen LogP) is 2.87. The molecule has 22 nitrogen and oxygen atoms in total. The van der Waals surface area contributed by atoms with Gasteiger partial charge < -0.3 is 28.4 Å². The number of hydrogen-bond donors (Lipinski definition) is 0. The van der Waals surface area contributed by atoms with Crippen molar-refractivity contribution in [2.75, 3.05) is 54.0 Å². The maximum atomic E-state index is 15.8. The molecule has 0 unspecified atom stereocenters. The number of methoxy groups -OCH3 is 2. The van der Waals surface area contributed by atoms with Crippen molar-refractivity contribution in [3.8, 4) is 11.5 Å². The van der Waals surface area contributed by atoms with E-state index < -0.39 is 110 Å². The molecule has 0 aliphatic carbocycles. The van der Waals surface area contributed by atoms with Gasteiger partial charge in [-0.05, 0) is 63.1 Å². The molecule has 0 aromatic heterocycles. The maximum absolute atomic E-state index is 15.8. The highest BCUT2D eigenvalue weighted by atomic mass is 79.9. The number of amides is 8. The molecule has 0 saturated carbocycles. The lowest BCUT2D eigenvalue weighted by Gasteiger charge is -2.51. The van der Waals surface area contributed by atoms with Crippen molar-refractivity contribution >= 4 is 79.9 Å². The van der Waals surface area contributed by atoms with E-state index in [2.05, 4.69) is 31.9 Å². The Morgan fingerprint density at radius 1 is 0.453 bits per heavy atom. The van der Waals surface area contributed by atoms with Crippen molar-refractivity contribution in [2.24, 2.45) is 0 Å². The molecule has 7 aliphatic rings. The van der Waals surface area contributed by atoms with Gasteiger partial charge in [0.05, 0.1) is 66.8 Å². The van der Waals surface area contributed by atoms with Crippen LogP contribution >= 0.6 is 31.9 Å². The first-order chi connectivity index (χ1) is 30.6. The molecule has 0 spiro atoms. The molecule has 7 aliphatic heterocycles. The Morgan fingerprint density at radius 2 is 0.703 bits per heavy atom. The Labute approximate surface area is 381 Å². The van der Waals surface area contributed by atoms with E-state index in [0.29, 0.717) is 31.2 Å². The molecule has 4 atom stereocenters. The van der Waals surface area contributed by atoms with Crippen molar-refractivity contribution < 1.29 is 66.8 Å². The second kappa shape index (κ2) is 14.8. The number of fused-ring (bicyclic) bond motifs is 2. The molecule has 0 bridgehead atoms. The van der Waals surface area contributed by atoms with Gasteiger partial charge in [-0.1, -0.05) is 31.9 Å². The summed E-state index contributed by atoms with van der Waals surface area (Å²) in [5.74, 6) is -4.49. The lowest BCUT2D eigenvalue weighted by atomic mass is 9.88. The van der Waals surface area contributed by atoms with Crippen molar-refractivity contribution in [2.45, 2.75) is 76.5 Å². The fourth-order valence-corrected chi connectivity index (χ4v) is 11.8. The van der Waals surface area contributed by atoms with E-state index in [-0.39, 0.29) is 37.9 Å². The summed E-state index contributed by atoms with van der Waals surface area (Å²) < 4.78 is 35.3. The summed E-state index contributed by atoms with van der Waals surface area (Å²) >= 11 is 7.12. The number of halogens is 2. The van der Waals surface area contributed by atoms with Gasteiger partial charge in [-0.2, -0.15) is 0 Å². The monoisotopic (exact) mass is 1020 g/mol. The summed E-state index contributed by atoms with van der Waals surface area (Å²) in [5.41, 5.74) is -9.73. The molecule has 64 heavy (non-hydrogen) atoms. The average Bonchev–Trinajstić information content (AvgIpc) is 3.63. The van der Waals surface area contributed by atoms with Crippen molar-refractivity contribution in [3.63, 3.8) is 0 Å². The molecule has 0 radical (unpaired) electrons. The number of ether oxygens (including phenoxy) is 6. The van der Waals surface area contributed by atoms with Crippen LogP contribution < -0.4 is 9.47 Å². The zero-order valence-corrected chi connectivity index (χ0v) is 38.6. The van der Waals surface area contributed by atoms with Gasteiger partial charge in [0.25, 0.3) is 22.7 Å². The van der Waals surface area contributed by atoms with Crippen molar-refractivity contribution in [1.82, 2.24) is 39.2 Å². The third kappa shape index (κ3) is 4.68. The highest BCUT2D eigenvalue weighted by Gasteiger charge is 2.93. The van der Waals surface area contributed by atoms with Gasteiger partial charge in [0, 0.05) is 20.1 Å². The van der Waals surface area contributed by atoms with Gasteiger partial charge in [0.15, 0.2) is 0 Å². The summed E-state index contributed by atoms with van der Waals surface area (Å²) in [4.78, 5) is 131. The minimum atomic E-state index is -2.89. The molecular formula is C40H42Br2N8O14. The van der Waals surface area contributed by atoms with E-state index in [1.54, 1.807) is 24.3 Å². The first-order valence-electron chi connectivity index (χ1n) is 20.4. The summed E-state index contributed by atoms with van der Waals surface area (Å²) in [6.07, 6.45) is 0. The average molecular weight is 1020 g/mol. The summed E-state index contributed by atoms with van der Waals surface area (Å²) in [6.45, 7) is 0.664. The van der Waals surface area contributed by atoms with Gasteiger partial charge in [-0.25, -0.2) is 38.4 Å². The maximum Gasteiger partial charge on any atom is 0.359 e. The van der Waals surface area contributed by atoms with Crippen LogP contribution in [0.25, 0.3) is 0 Å². The largest absolute Gasteiger partial charge is 0.496 e. The summed E-state index contributed by atoms with van der Waals surface area (Å²) in [7, 11) is 2.80. The quantitative estimate of drug-likeness (QED) is 0.247. The lowest BCUT2D eigenvalue weighted by Crippen LogP contribution is -2.81. The molecule has 0 N–H and O–H groups in total. The normalized spacial score (nSPS) is 27.0. The third-order valence-corrected chi connectivity index (χ3v) is 14.6. The topological polar surface area (TPSA) is 218 Å². The van der Waals surface area contributed by atoms with E-state index in [4.69, 9.17) is 28.4 Å². The number of rotatable bonds is 10. The lowest BCUT2D eigenvalue weighted by molar-refractivity contribution is -0.209. The molecule has 24 heteroatoms. The molecule has 9 rings (SSSR count). The molecule has 340 valence electrons. The Kier molecular flexibility index (Phi) is 9.96. The number of nitrogens with zero attached hydrogens (tertiary/aromatic N) is 8. The highest BCUT2D eigenvalue weighted by molar-refractivity contribution is 9.10. The van der Waals surface area contributed by atoms with Crippen LogP contribution in [0, 0.1) is 0 Å². The Bertz CT molecular complexity index is 2330. The van der Waals surface area contributed by atoms with Crippen molar-refractivity contribution in [3.05, 3.63) is 55.5 Å². The number of benzene rings is 2. The third-order valence-electron chi connectivity index (χ3n) is 13.1. The summed E-state index contributed by atoms with van der Waals surface area (Å²) in [6, 6.07) is 2.19. The first kappa shape index (κ1) is 43.2. The minimum absolute atomic E-state index is 0.272. The molecule has 2 aromatic rings. The van der Waals surface area contributed by atoms with Crippen LogP contribution in [0.2, 0.25) is 0 Å². The molecule has 8 amide bonds. The van der Waals surface area contributed by atoms with Crippen LogP contribution in [0.4, 0.5) is 19.2 Å². The fraction of sp³-hybridized carbons (Fsp3) is 0.500.